The van der Waals surface area contributed by atoms with Crippen LogP contribution in [-0.4, -0.2) is 68.3 Å². The van der Waals surface area contributed by atoms with Crippen molar-refractivity contribution in [1.82, 2.24) is 15.1 Å². The lowest BCUT2D eigenvalue weighted by Crippen LogP contribution is -2.47. The largest absolute Gasteiger partial charge is 0.493 e. The number of rotatable bonds is 12. The maximum atomic E-state index is 14.1. The molecule has 0 bridgehead atoms. The highest BCUT2D eigenvalue weighted by Crippen LogP contribution is 2.34. The summed E-state index contributed by atoms with van der Waals surface area (Å²) in [5, 5.41) is 3.71. The van der Waals surface area contributed by atoms with Gasteiger partial charge in [-0.05, 0) is 47.7 Å². The summed E-state index contributed by atoms with van der Waals surface area (Å²) in [4.78, 5) is 18.4. The number of carbonyl (C=O) groups is 1. The molecule has 42 heavy (non-hydrogen) atoms. The van der Waals surface area contributed by atoms with Crippen molar-refractivity contribution in [2.24, 2.45) is 0 Å². The van der Waals surface area contributed by atoms with E-state index in [9.17, 15) is 4.79 Å². The topological polar surface area (TPSA) is 63.3 Å². The number of ether oxygens (including phenoxy) is 3. The van der Waals surface area contributed by atoms with Gasteiger partial charge >= 0.3 is 0 Å². The molecule has 1 amide bonds. The number of para-hydroxylation sites is 1. The van der Waals surface area contributed by atoms with Gasteiger partial charge in [-0.25, -0.2) is 0 Å². The second kappa shape index (κ2) is 14.2. The van der Waals surface area contributed by atoms with E-state index in [0.717, 1.165) is 47.6 Å². The van der Waals surface area contributed by atoms with Crippen molar-refractivity contribution in [2.45, 2.75) is 38.0 Å². The molecule has 0 aromatic heterocycles. The zero-order valence-corrected chi connectivity index (χ0v) is 24.6. The predicted octanol–water partition coefficient (Wildman–Crippen LogP) is 5.10. The van der Waals surface area contributed by atoms with Crippen LogP contribution in [0.4, 0.5) is 0 Å². The molecule has 0 radical (unpaired) electrons. The van der Waals surface area contributed by atoms with Gasteiger partial charge in [0.15, 0.2) is 11.5 Å². The number of nitrogens with one attached hydrogen (secondary N) is 1. The molecule has 7 nitrogen and oxygen atoms in total. The maximum Gasteiger partial charge on any atom is 0.240 e. The average Bonchev–Trinajstić information content (AvgIpc) is 3.45. The number of carbonyl (C=O) groups excluding carboxylic acids is 1. The van der Waals surface area contributed by atoms with E-state index < -0.39 is 0 Å². The molecule has 5 rings (SSSR count). The van der Waals surface area contributed by atoms with Crippen LogP contribution >= 0.6 is 0 Å². The molecule has 1 fully saturated rings. The number of nitrogens with zero attached hydrogens (tertiary/aromatic N) is 2. The molecule has 1 N–H and O–H groups in total. The zero-order chi connectivity index (χ0) is 29.3. The van der Waals surface area contributed by atoms with Gasteiger partial charge in [0.25, 0.3) is 0 Å². The fourth-order valence-corrected chi connectivity index (χ4v) is 5.87. The van der Waals surface area contributed by atoms with Gasteiger partial charge in [-0.1, -0.05) is 73.3 Å². The second-order valence-corrected chi connectivity index (χ2v) is 10.8. The van der Waals surface area contributed by atoms with Gasteiger partial charge < -0.3 is 24.4 Å². The first kappa shape index (κ1) is 29.4. The zero-order valence-electron chi connectivity index (χ0n) is 24.6. The molecule has 2 atom stereocenters. The number of benzene rings is 3. The SMILES string of the molecule is C=CCOc1ccccc1CN[C@@H]1C[C@@H](C(=O)N2CCc3cc(OC)c(OC)cc3C2)N(C/C=C/c2ccccc2)C1. The van der Waals surface area contributed by atoms with Crippen LogP contribution in [0.1, 0.15) is 28.7 Å². The first-order valence-corrected chi connectivity index (χ1v) is 14.6. The Morgan fingerprint density at radius 1 is 1.00 bits per heavy atom. The van der Waals surface area contributed by atoms with Crippen LogP contribution in [0.5, 0.6) is 17.2 Å². The Morgan fingerprint density at radius 2 is 1.74 bits per heavy atom. The smallest absolute Gasteiger partial charge is 0.240 e. The third-order valence-corrected chi connectivity index (χ3v) is 8.08. The Kier molecular flexibility index (Phi) is 9.95. The van der Waals surface area contributed by atoms with Crippen molar-refractivity contribution in [3.05, 3.63) is 108 Å². The second-order valence-electron chi connectivity index (χ2n) is 10.8. The van der Waals surface area contributed by atoms with Crippen LogP contribution in [0.3, 0.4) is 0 Å². The summed E-state index contributed by atoms with van der Waals surface area (Å²) in [7, 11) is 3.30. The molecule has 0 saturated carbocycles. The Balaban J connectivity index is 1.30. The molecule has 7 heteroatoms. The van der Waals surface area contributed by atoms with Gasteiger partial charge in [0, 0.05) is 44.3 Å². The lowest BCUT2D eigenvalue weighted by Gasteiger charge is -2.33. The van der Waals surface area contributed by atoms with Gasteiger partial charge in [-0.2, -0.15) is 0 Å². The van der Waals surface area contributed by atoms with Crippen molar-refractivity contribution in [2.75, 3.05) is 40.5 Å². The van der Waals surface area contributed by atoms with Crippen molar-refractivity contribution in [3.8, 4) is 17.2 Å². The maximum absolute atomic E-state index is 14.1. The van der Waals surface area contributed by atoms with E-state index in [2.05, 4.69) is 47.1 Å². The van der Waals surface area contributed by atoms with Gasteiger partial charge in [-0.15, -0.1) is 0 Å². The fourth-order valence-electron chi connectivity index (χ4n) is 5.87. The van der Waals surface area contributed by atoms with Crippen LogP contribution in [0.25, 0.3) is 6.08 Å². The molecule has 3 aromatic rings. The summed E-state index contributed by atoms with van der Waals surface area (Å²) in [5.74, 6) is 2.47. The van der Waals surface area contributed by atoms with Crippen molar-refractivity contribution in [3.63, 3.8) is 0 Å². The molecule has 0 spiro atoms. The molecule has 0 unspecified atom stereocenters. The van der Waals surface area contributed by atoms with Gasteiger partial charge in [0.2, 0.25) is 5.91 Å². The third-order valence-electron chi connectivity index (χ3n) is 8.08. The fraction of sp³-hybridized carbons (Fsp3) is 0.343. The van der Waals surface area contributed by atoms with E-state index in [1.165, 1.54) is 5.56 Å². The monoisotopic (exact) mass is 567 g/mol. The minimum Gasteiger partial charge on any atom is -0.493 e. The molecule has 2 heterocycles. The van der Waals surface area contributed by atoms with Crippen LogP contribution in [0.15, 0.2) is 85.5 Å². The minimum absolute atomic E-state index is 0.179. The number of methoxy groups -OCH3 is 2. The van der Waals surface area contributed by atoms with E-state index in [1.807, 2.05) is 53.4 Å². The van der Waals surface area contributed by atoms with Crippen molar-refractivity contribution >= 4 is 12.0 Å². The van der Waals surface area contributed by atoms with E-state index in [4.69, 9.17) is 14.2 Å². The Hall–Kier alpha value is -4.07. The molecule has 220 valence electrons. The molecule has 0 aliphatic carbocycles. The van der Waals surface area contributed by atoms with E-state index in [0.29, 0.717) is 38.5 Å². The number of likely N-dealkylation sites (tertiary alicyclic amines) is 1. The molecule has 2 aliphatic heterocycles. The highest BCUT2D eigenvalue weighted by molar-refractivity contribution is 5.83. The Bertz CT molecular complexity index is 1390. The molecular formula is C35H41N3O4. The number of hydrogen-bond donors (Lipinski definition) is 1. The number of hydrogen-bond acceptors (Lipinski definition) is 6. The normalized spacial score (nSPS) is 18.6. The highest BCUT2D eigenvalue weighted by Gasteiger charge is 2.39. The molecular weight excluding hydrogens is 526 g/mol. The van der Waals surface area contributed by atoms with E-state index in [-0.39, 0.29) is 18.0 Å². The molecule has 2 aliphatic rings. The molecule has 1 saturated heterocycles. The lowest BCUT2D eigenvalue weighted by molar-refractivity contribution is -0.136. The summed E-state index contributed by atoms with van der Waals surface area (Å²) < 4.78 is 16.9. The van der Waals surface area contributed by atoms with Gasteiger partial charge in [0.1, 0.15) is 12.4 Å². The first-order valence-electron chi connectivity index (χ1n) is 14.6. The summed E-state index contributed by atoms with van der Waals surface area (Å²) in [6, 6.07) is 22.4. The van der Waals surface area contributed by atoms with Gasteiger partial charge in [-0.3, -0.25) is 9.69 Å². The molecule has 3 aromatic carbocycles. The van der Waals surface area contributed by atoms with Crippen LogP contribution < -0.4 is 19.5 Å². The summed E-state index contributed by atoms with van der Waals surface area (Å²) in [6.07, 6.45) is 7.60. The average molecular weight is 568 g/mol. The summed E-state index contributed by atoms with van der Waals surface area (Å²) >= 11 is 0. The van der Waals surface area contributed by atoms with E-state index >= 15 is 0 Å². The lowest BCUT2D eigenvalue weighted by atomic mass is 9.98. The highest BCUT2D eigenvalue weighted by atomic mass is 16.5. The Labute approximate surface area is 249 Å². The summed E-state index contributed by atoms with van der Waals surface area (Å²) in [6.45, 7) is 7.66. The number of fused-ring (bicyclic) bond motifs is 1. The van der Waals surface area contributed by atoms with Crippen molar-refractivity contribution in [1.29, 1.82) is 0 Å². The standard InChI is InChI=1S/C35H41N3O4/c1-4-19-42-32-15-9-8-14-28(32)23-36-30-22-31(37(25-30)17-10-13-26-11-6-5-7-12-26)35(39)38-18-16-27-20-33(40-2)34(41-3)21-29(27)24-38/h4-15,20-21,30-31,36H,1,16-19,22-25H2,2-3H3/b13-10+/t30-,31+/m1/s1. The van der Waals surface area contributed by atoms with Gasteiger partial charge in [0.05, 0.1) is 20.3 Å². The quantitative estimate of drug-likeness (QED) is 0.308. The van der Waals surface area contributed by atoms with E-state index in [1.54, 1.807) is 20.3 Å². The Morgan fingerprint density at radius 3 is 2.50 bits per heavy atom. The predicted molar refractivity (Wildman–Crippen MR) is 167 cm³/mol. The summed E-state index contributed by atoms with van der Waals surface area (Å²) in [5.41, 5.74) is 4.58. The van der Waals surface area contributed by atoms with Crippen LogP contribution in [0, 0.1) is 0 Å². The van der Waals surface area contributed by atoms with Crippen LogP contribution in [-0.2, 0) is 24.3 Å². The minimum atomic E-state index is -0.197. The van der Waals surface area contributed by atoms with Crippen molar-refractivity contribution < 1.29 is 19.0 Å². The first-order chi connectivity index (χ1) is 20.6. The third kappa shape index (κ3) is 7.04. The van der Waals surface area contributed by atoms with Crippen LogP contribution in [0.2, 0.25) is 0 Å². The number of amides is 1.